The molecule has 19 heavy (non-hydrogen) atoms. The van der Waals surface area contributed by atoms with E-state index in [9.17, 15) is 4.39 Å². The molecule has 0 fully saturated rings. The molecule has 0 N–H and O–H groups in total. The van der Waals surface area contributed by atoms with Gasteiger partial charge >= 0.3 is 0 Å². The molecule has 0 amide bonds. The van der Waals surface area contributed by atoms with Crippen LogP contribution in [-0.2, 0) is 0 Å². The van der Waals surface area contributed by atoms with Crippen LogP contribution in [0, 0.1) is 24.1 Å². The second-order valence-corrected chi connectivity index (χ2v) is 5.17. The van der Waals surface area contributed by atoms with Gasteiger partial charge in [0.05, 0.1) is 15.1 Å². The number of rotatable bonds is 2. The van der Waals surface area contributed by atoms with Crippen molar-refractivity contribution in [3.63, 3.8) is 0 Å². The van der Waals surface area contributed by atoms with Crippen molar-refractivity contribution in [3.8, 4) is 17.6 Å². The molecule has 2 aromatic rings. The van der Waals surface area contributed by atoms with Gasteiger partial charge in [-0.15, -0.1) is 0 Å². The van der Waals surface area contributed by atoms with Gasteiger partial charge in [-0.25, -0.2) is 4.39 Å². The van der Waals surface area contributed by atoms with Crippen LogP contribution in [0.3, 0.4) is 0 Å². The Labute approximate surface area is 123 Å². The molecule has 96 valence electrons. The molecule has 2 nitrogen and oxygen atoms in total. The Morgan fingerprint density at radius 3 is 2.68 bits per heavy atom. The minimum absolute atomic E-state index is 0.00368. The molecule has 0 aromatic heterocycles. The topological polar surface area (TPSA) is 33.0 Å². The first-order valence-electron chi connectivity index (χ1n) is 5.34. The van der Waals surface area contributed by atoms with Gasteiger partial charge < -0.3 is 4.74 Å². The molecule has 0 saturated carbocycles. The molecule has 0 unspecified atom stereocenters. The van der Waals surface area contributed by atoms with E-state index in [1.165, 1.54) is 12.1 Å². The van der Waals surface area contributed by atoms with Gasteiger partial charge in [-0.05, 0) is 46.6 Å². The number of hydrogen-bond acceptors (Lipinski definition) is 2. The summed E-state index contributed by atoms with van der Waals surface area (Å²) in [5, 5.41) is 9.02. The molecule has 0 aliphatic carbocycles. The van der Waals surface area contributed by atoms with Crippen LogP contribution in [0.5, 0.6) is 11.5 Å². The van der Waals surface area contributed by atoms with E-state index >= 15 is 0 Å². The summed E-state index contributed by atoms with van der Waals surface area (Å²) < 4.78 is 19.5. The van der Waals surface area contributed by atoms with E-state index in [1.807, 2.05) is 19.1 Å². The Morgan fingerprint density at radius 2 is 2.00 bits per heavy atom. The van der Waals surface area contributed by atoms with Gasteiger partial charge in [0.15, 0.2) is 0 Å². The first kappa shape index (κ1) is 13.9. The van der Waals surface area contributed by atoms with Crippen molar-refractivity contribution < 1.29 is 9.13 Å². The summed E-state index contributed by atoms with van der Waals surface area (Å²) in [6.07, 6.45) is 0. The SMILES string of the molecule is Cc1ccc(C#N)c(Oc2cc(F)c(Cl)cc2Br)c1. The van der Waals surface area contributed by atoms with Crippen LogP contribution in [0.2, 0.25) is 5.02 Å². The fourth-order valence-electron chi connectivity index (χ4n) is 1.51. The maximum Gasteiger partial charge on any atom is 0.145 e. The Hall–Kier alpha value is -1.57. The van der Waals surface area contributed by atoms with Gasteiger partial charge in [-0.2, -0.15) is 5.26 Å². The Balaban J connectivity index is 2.45. The zero-order valence-electron chi connectivity index (χ0n) is 9.88. The molecule has 0 radical (unpaired) electrons. The van der Waals surface area contributed by atoms with E-state index < -0.39 is 5.82 Å². The highest BCUT2D eigenvalue weighted by atomic mass is 79.9. The van der Waals surface area contributed by atoms with Gasteiger partial charge in [-0.1, -0.05) is 17.7 Å². The lowest BCUT2D eigenvalue weighted by Crippen LogP contribution is -1.91. The van der Waals surface area contributed by atoms with Crippen molar-refractivity contribution in [2.24, 2.45) is 0 Å². The number of ether oxygens (including phenoxy) is 1. The molecule has 0 heterocycles. The Morgan fingerprint density at radius 1 is 1.26 bits per heavy atom. The summed E-state index contributed by atoms with van der Waals surface area (Å²) in [7, 11) is 0. The molecule has 0 saturated heterocycles. The van der Waals surface area contributed by atoms with Crippen LogP contribution in [0.1, 0.15) is 11.1 Å². The second-order valence-electron chi connectivity index (χ2n) is 3.91. The van der Waals surface area contributed by atoms with Crippen molar-refractivity contribution >= 4 is 27.5 Å². The zero-order valence-corrected chi connectivity index (χ0v) is 12.2. The predicted octanol–water partition coefficient (Wildman–Crippen LogP) is 5.21. The molecule has 5 heteroatoms. The van der Waals surface area contributed by atoms with Gasteiger partial charge in [0.1, 0.15) is 23.4 Å². The molecule has 0 atom stereocenters. The number of nitrogens with zero attached hydrogens (tertiary/aromatic N) is 1. The highest BCUT2D eigenvalue weighted by Gasteiger charge is 2.11. The summed E-state index contributed by atoms with van der Waals surface area (Å²) in [6.45, 7) is 1.88. The monoisotopic (exact) mass is 339 g/mol. The fraction of sp³-hybridized carbons (Fsp3) is 0.0714. The van der Waals surface area contributed by atoms with Gasteiger partial charge in [0, 0.05) is 6.07 Å². The third-order valence-electron chi connectivity index (χ3n) is 2.45. The first-order valence-corrected chi connectivity index (χ1v) is 6.51. The summed E-state index contributed by atoms with van der Waals surface area (Å²) in [5.74, 6) is 0.0694. The molecule has 0 aliphatic heterocycles. The largest absolute Gasteiger partial charge is 0.455 e. The van der Waals surface area contributed by atoms with Crippen molar-refractivity contribution in [2.45, 2.75) is 6.92 Å². The highest BCUT2D eigenvalue weighted by Crippen LogP contribution is 2.35. The third kappa shape index (κ3) is 3.06. The Bertz CT molecular complexity index is 682. The van der Waals surface area contributed by atoms with E-state index in [2.05, 4.69) is 15.9 Å². The van der Waals surface area contributed by atoms with E-state index in [0.29, 0.717) is 15.8 Å². The van der Waals surface area contributed by atoms with Gasteiger partial charge in [0.2, 0.25) is 0 Å². The van der Waals surface area contributed by atoms with E-state index in [-0.39, 0.29) is 10.8 Å². The predicted molar refractivity (Wildman–Crippen MR) is 75.1 cm³/mol. The minimum atomic E-state index is -0.578. The fourth-order valence-corrected chi connectivity index (χ4v) is 2.23. The second kappa shape index (κ2) is 5.60. The molecule has 0 aliphatic rings. The van der Waals surface area contributed by atoms with Crippen molar-refractivity contribution in [2.75, 3.05) is 0 Å². The first-order chi connectivity index (χ1) is 9.01. The number of hydrogen-bond donors (Lipinski definition) is 0. The van der Waals surface area contributed by atoms with Crippen molar-refractivity contribution in [1.29, 1.82) is 5.26 Å². The standard InChI is InChI=1S/C14H8BrClFNO/c1-8-2-3-9(7-18)13(4-8)19-14-6-12(17)11(16)5-10(14)15/h2-6H,1H3. The van der Waals surface area contributed by atoms with Crippen LogP contribution < -0.4 is 4.74 Å². The third-order valence-corrected chi connectivity index (χ3v) is 3.36. The molecular formula is C14H8BrClFNO. The lowest BCUT2D eigenvalue weighted by Gasteiger charge is -2.10. The van der Waals surface area contributed by atoms with Crippen molar-refractivity contribution in [3.05, 3.63) is 56.8 Å². The van der Waals surface area contributed by atoms with Crippen LogP contribution in [0.25, 0.3) is 0 Å². The summed E-state index contributed by atoms with van der Waals surface area (Å²) in [6, 6.07) is 9.80. The Kier molecular flexibility index (Phi) is 4.08. The van der Waals surface area contributed by atoms with Crippen LogP contribution >= 0.6 is 27.5 Å². The quantitative estimate of drug-likeness (QED) is 0.703. The average Bonchev–Trinajstić information content (AvgIpc) is 2.36. The minimum Gasteiger partial charge on any atom is -0.455 e. The van der Waals surface area contributed by atoms with Gasteiger partial charge in [0.25, 0.3) is 0 Å². The maximum atomic E-state index is 13.4. The van der Waals surface area contributed by atoms with Crippen molar-refractivity contribution in [1.82, 2.24) is 0 Å². The number of aryl methyl sites for hydroxylation is 1. The molecular weight excluding hydrogens is 333 g/mol. The van der Waals surface area contributed by atoms with E-state index in [0.717, 1.165) is 5.56 Å². The summed E-state index contributed by atoms with van der Waals surface area (Å²) in [5.41, 5.74) is 1.33. The maximum absolute atomic E-state index is 13.4. The average molecular weight is 341 g/mol. The van der Waals surface area contributed by atoms with Crippen LogP contribution in [0.15, 0.2) is 34.8 Å². The number of halogens is 3. The van der Waals surface area contributed by atoms with E-state index in [4.69, 9.17) is 21.6 Å². The lowest BCUT2D eigenvalue weighted by molar-refractivity contribution is 0.472. The van der Waals surface area contributed by atoms with Crippen LogP contribution in [-0.4, -0.2) is 0 Å². The zero-order chi connectivity index (χ0) is 14.0. The summed E-state index contributed by atoms with van der Waals surface area (Å²) >= 11 is 8.90. The summed E-state index contributed by atoms with van der Waals surface area (Å²) in [4.78, 5) is 0. The number of benzene rings is 2. The molecule has 0 bridgehead atoms. The molecule has 0 spiro atoms. The number of nitriles is 1. The van der Waals surface area contributed by atoms with Crippen LogP contribution in [0.4, 0.5) is 4.39 Å². The smallest absolute Gasteiger partial charge is 0.145 e. The molecule has 2 rings (SSSR count). The van der Waals surface area contributed by atoms with Gasteiger partial charge in [-0.3, -0.25) is 0 Å². The lowest BCUT2D eigenvalue weighted by atomic mass is 10.1. The highest BCUT2D eigenvalue weighted by molar-refractivity contribution is 9.10. The molecule has 2 aromatic carbocycles. The normalized spacial score (nSPS) is 10.1. The van der Waals surface area contributed by atoms with E-state index in [1.54, 1.807) is 12.1 Å².